The largest absolute Gasteiger partial charge is 0.457 e. The van der Waals surface area contributed by atoms with E-state index in [-0.39, 0.29) is 11.7 Å². The molecule has 3 aromatic rings. The fourth-order valence-corrected chi connectivity index (χ4v) is 7.30. The molecule has 2 aromatic carbocycles. The maximum atomic E-state index is 13.9. The Hall–Kier alpha value is -2.69. The minimum Gasteiger partial charge on any atom is -0.457 e. The Morgan fingerprint density at radius 2 is 1.51 bits per heavy atom. The Kier molecular flexibility index (Phi) is 6.01. The molecule has 4 heteroatoms. The van der Waals surface area contributed by atoms with Crippen molar-refractivity contribution in [1.82, 2.24) is 0 Å². The Morgan fingerprint density at radius 1 is 0.886 bits per heavy atom. The molecule has 2 heterocycles. The number of halogens is 1. The van der Waals surface area contributed by atoms with Crippen LogP contribution in [-0.4, -0.2) is 5.78 Å². The van der Waals surface area contributed by atoms with Crippen molar-refractivity contribution in [2.75, 3.05) is 0 Å². The van der Waals surface area contributed by atoms with Gasteiger partial charge in [0.15, 0.2) is 5.78 Å². The van der Waals surface area contributed by atoms with Crippen LogP contribution >= 0.6 is 27.3 Å². The van der Waals surface area contributed by atoms with Gasteiger partial charge < -0.3 is 4.74 Å². The number of benzene rings is 2. The van der Waals surface area contributed by atoms with E-state index >= 15 is 0 Å². The second-order valence-electron chi connectivity index (χ2n) is 9.87. The highest BCUT2D eigenvalue weighted by atomic mass is 79.9. The summed E-state index contributed by atoms with van der Waals surface area (Å²) < 4.78 is 7.40. The van der Waals surface area contributed by atoms with Gasteiger partial charge in [-0.25, -0.2) is 0 Å². The van der Waals surface area contributed by atoms with E-state index < -0.39 is 0 Å². The summed E-state index contributed by atoms with van der Waals surface area (Å²) in [6.07, 6.45) is 0.422. The zero-order chi connectivity index (χ0) is 25.2. The number of fused-ring (bicyclic) bond motifs is 2. The normalized spacial score (nSPS) is 16.3. The van der Waals surface area contributed by atoms with Gasteiger partial charge in [0.2, 0.25) is 0 Å². The third-order valence-electron chi connectivity index (χ3n) is 7.27. The number of Topliss-reactive ketones (excluding diaryl/α,β-unsaturated/α-hetero) is 1. The number of hydrogen-bond acceptors (Lipinski definition) is 3. The van der Waals surface area contributed by atoms with Crippen LogP contribution in [0.25, 0.3) is 11.1 Å². The van der Waals surface area contributed by atoms with E-state index in [2.05, 4.69) is 99.8 Å². The number of ketones is 1. The molecule has 1 aliphatic heterocycles. The van der Waals surface area contributed by atoms with Crippen LogP contribution in [0.15, 0.2) is 63.7 Å². The summed E-state index contributed by atoms with van der Waals surface area (Å²) in [5, 5.41) is 2.08. The summed E-state index contributed by atoms with van der Waals surface area (Å²) in [6.45, 7) is 17.0. The van der Waals surface area contributed by atoms with Gasteiger partial charge in [-0.1, -0.05) is 30.3 Å². The molecule has 35 heavy (non-hydrogen) atoms. The maximum absolute atomic E-state index is 13.9. The highest BCUT2D eigenvalue weighted by molar-refractivity contribution is 9.10. The lowest BCUT2D eigenvalue weighted by atomic mass is 9.73. The summed E-state index contributed by atoms with van der Waals surface area (Å²) in [6, 6.07) is 10.8. The van der Waals surface area contributed by atoms with Crippen molar-refractivity contribution in [2.45, 2.75) is 53.9 Å². The number of carbonyl (C=O) groups is 1. The van der Waals surface area contributed by atoms with Crippen LogP contribution < -0.4 is 4.74 Å². The highest BCUT2D eigenvalue weighted by Crippen LogP contribution is 2.51. The average Bonchev–Trinajstić information content (AvgIpc) is 3.20. The smallest absolute Gasteiger partial charge is 0.164 e. The molecule has 1 aromatic heterocycles. The monoisotopic (exact) mass is 544 g/mol. The zero-order valence-corrected chi connectivity index (χ0v) is 23.5. The molecule has 178 valence electrons. The van der Waals surface area contributed by atoms with E-state index in [0.29, 0.717) is 12.2 Å². The van der Waals surface area contributed by atoms with E-state index in [9.17, 15) is 4.79 Å². The summed E-state index contributed by atoms with van der Waals surface area (Å²) in [7, 11) is 0. The SMILES string of the molecule is C=C1Oc2c(C)cc(C)cc2C(C)=C1C(C1=C(C)c2cc(C)cc(C)c2CC1=O)c1cc(Br)cs1. The summed E-state index contributed by atoms with van der Waals surface area (Å²) >= 11 is 5.30. The van der Waals surface area contributed by atoms with Crippen molar-refractivity contribution in [1.29, 1.82) is 0 Å². The molecule has 0 saturated carbocycles. The molecule has 0 N–H and O–H groups in total. The van der Waals surface area contributed by atoms with Crippen LogP contribution in [0, 0.1) is 27.7 Å². The molecule has 0 radical (unpaired) electrons. The lowest BCUT2D eigenvalue weighted by Crippen LogP contribution is -2.24. The number of rotatable bonds is 3. The molecular weight excluding hydrogens is 516 g/mol. The van der Waals surface area contributed by atoms with Crippen LogP contribution in [0.4, 0.5) is 0 Å². The molecule has 2 aliphatic rings. The van der Waals surface area contributed by atoms with Crippen molar-refractivity contribution in [3.8, 4) is 5.75 Å². The first-order valence-corrected chi connectivity index (χ1v) is 13.5. The third-order valence-corrected chi connectivity index (χ3v) is 9.02. The summed E-state index contributed by atoms with van der Waals surface area (Å²) in [4.78, 5) is 15.0. The average molecular weight is 546 g/mol. The topological polar surface area (TPSA) is 26.3 Å². The number of aryl methyl sites for hydroxylation is 4. The molecule has 1 aliphatic carbocycles. The van der Waals surface area contributed by atoms with Gasteiger partial charge in [0, 0.05) is 37.9 Å². The minimum atomic E-state index is -0.241. The van der Waals surface area contributed by atoms with Gasteiger partial charge in [0.1, 0.15) is 11.5 Å². The van der Waals surface area contributed by atoms with Crippen molar-refractivity contribution in [2.24, 2.45) is 0 Å². The molecule has 0 amide bonds. The van der Waals surface area contributed by atoms with Crippen LogP contribution in [0.1, 0.15) is 63.6 Å². The first-order valence-electron chi connectivity index (χ1n) is 11.8. The van der Waals surface area contributed by atoms with Gasteiger partial charge in [0.05, 0.1) is 5.92 Å². The van der Waals surface area contributed by atoms with Crippen molar-refractivity contribution < 1.29 is 9.53 Å². The quantitative estimate of drug-likeness (QED) is 0.329. The Labute approximate surface area is 220 Å². The minimum absolute atomic E-state index is 0.177. The second-order valence-corrected chi connectivity index (χ2v) is 11.7. The van der Waals surface area contributed by atoms with Crippen molar-refractivity contribution >= 4 is 44.2 Å². The van der Waals surface area contributed by atoms with Crippen molar-refractivity contribution in [3.05, 3.63) is 107 Å². The Morgan fingerprint density at radius 3 is 2.17 bits per heavy atom. The molecule has 0 bridgehead atoms. The summed E-state index contributed by atoms with van der Waals surface area (Å²) in [5.74, 6) is 1.42. The van der Waals surface area contributed by atoms with Crippen molar-refractivity contribution in [3.63, 3.8) is 0 Å². The molecule has 5 rings (SSSR count). The van der Waals surface area contributed by atoms with Crippen LogP contribution in [-0.2, 0) is 11.2 Å². The molecular formula is C31H29BrO2S. The predicted molar refractivity (Wildman–Crippen MR) is 150 cm³/mol. The first-order chi connectivity index (χ1) is 16.6. The molecule has 1 atom stereocenters. The number of ether oxygens (including phenoxy) is 1. The van der Waals surface area contributed by atoms with E-state index in [4.69, 9.17) is 4.74 Å². The van der Waals surface area contributed by atoms with Gasteiger partial charge >= 0.3 is 0 Å². The molecule has 0 fully saturated rings. The standard InChI is InChI=1S/C31H29BrO2S/c1-15-8-17(3)23-13-26(33)29(19(5)24(23)10-15)30(27-12-22(32)14-35-27)28-20(6)25-11-16(2)9-18(4)31(25)34-21(28)7/h8-12,14,30H,7,13H2,1-6H3. The zero-order valence-electron chi connectivity index (χ0n) is 21.1. The van der Waals surface area contributed by atoms with E-state index in [0.717, 1.165) is 54.1 Å². The number of carbonyl (C=O) groups excluding carboxylic acids is 1. The van der Waals surface area contributed by atoms with Crippen LogP contribution in [0.5, 0.6) is 5.75 Å². The number of thiophene rings is 1. The van der Waals surface area contributed by atoms with E-state index in [1.807, 2.05) is 0 Å². The van der Waals surface area contributed by atoms with Gasteiger partial charge in [-0.2, -0.15) is 0 Å². The molecule has 2 nitrogen and oxygen atoms in total. The number of hydrogen-bond donors (Lipinski definition) is 0. The van der Waals surface area contributed by atoms with Crippen LogP contribution in [0.3, 0.4) is 0 Å². The van der Waals surface area contributed by atoms with Crippen LogP contribution in [0.2, 0.25) is 0 Å². The van der Waals surface area contributed by atoms with Gasteiger partial charge in [0.25, 0.3) is 0 Å². The van der Waals surface area contributed by atoms with Gasteiger partial charge in [-0.15, -0.1) is 11.3 Å². The molecule has 0 spiro atoms. The lowest BCUT2D eigenvalue weighted by Gasteiger charge is -2.33. The van der Waals surface area contributed by atoms with Gasteiger partial charge in [-0.05, 0) is 109 Å². The van der Waals surface area contributed by atoms with Gasteiger partial charge in [-0.3, -0.25) is 4.79 Å². The fourth-order valence-electron chi connectivity index (χ4n) is 5.74. The lowest BCUT2D eigenvalue weighted by molar-refractivity contribution is -0.115. The first kappa shape index (κ1) is 24.0. The number of allylic oxidation sites excluding steroid dienone is 4. The third kappa shape index (κ3) is 3.97. The Balaban J connectivity index is 1.82. The fraction of sp³-hybridized carbons (Fsp3) is 0.258. The van der Waals surface area contributed by atoms with E-state index in [1.54, 1.807) is 11.3 Å². The Bertz CT molecular complexity index is 1400. The summed E-state index contributed by atoms with van der Waals surface area (Å²) in [5.41, 5.74) is 12.1. The predicted octanol–water partition coefficient (Wildman–Crippen LogP) is 8.81. The maximum Gasteiger partial charge on any atom is 0.164 e. The second kappa shape index (κ2) is 8.76. The highest BCUT2D eigenvalue weighted by Gasteiger charge is 2.38. The molecule has 1 unspecified atom stereocenters. The van der Waals surface area contributed by atoms with E-state index in [1.165, 1.54) is 22.3 Å². The molecule has 0 saturated heterocycles.